The van der Waals surface area contributed by atoms with Crippen LogP contribution in [0.3, 0.4) is 0 Å². The van der Waals surface area contributed by atoms with E-state index in [0.29, 0.717) is 0 Å². The number of rotatable bonds is 4. The van der Waals surface area contributed by atoms with E-state index in [0.717, 1.165) is 5.75 Å². The van der Waals surface area contributed by atoms with E-state index in [1.165, 1.54) is 16.7 Å². The quantitative estimate of drug-likeness (QED) is 0.530. The van der Waals surface area contributed by atoms with Crippen molar-refractivity contribution >= 4 is 0 Å². The molecule has 124 valence electrons. The summed E-state index contributed by atoms with van der Waals surface area (Å²) in [4.78, 5) is 0. The Bertz CT molecular complexity index is 676. The Balaban J connectivity index is 0.00000100. The van der Waals surface area contributed by atoms with E-state index in [-0.39, 0.29) is 5.41 Å². The molecule has 3 aromatic rings. The number of benzene rings is 3. The molecule has 0 aliphatic rings. The Labute approximate surface area is 145 Å². The third-order valence-corrected chi connectivity index (χ3v) is 4.37. The van der Waals surface area contributed by atoms with Gasteiger partial charge in [0.2, 0.25) is 0 Å². The summed E-state index contributed by atoms with van der Waals surface area (Å²) in [5, 5.41) is 0. The lowest BCUT2D eigenvalue weighted by molar-refractivity contribution is 0.414. The molecule has 1 heteroatoms. The molecule has 0 saturated carbocycles. The Morgan fingerprint density at radius 3 is 1.33 bits per heavy atom. The maximum atomic E-state index is 5.29. The van der Waals surface area contributed by atoms with Crippen LogP contribution in [0.5, 0.6) is 5.75 Å². The first-order valence-corrected chi connectivity index (χ1v) is 8.51. The highest BCUT2D eigenvalue weighted by atomic mass is 16.5. The molecule has 3 aromatic carbocycles. The molecule has 0 aliphatic heterocycles. The number of hydrogen-bond acceptors (Lipinski definition) is 1. The summed E-state index contributed by atoms with van der Waals surface area (Å²) in [5.74, 6) is 0.882. The van der Waals surface area contributed by atoms with Gasteiger partial charge in [-0.05, 0) is 35.7 Å². The Kier molecular flexibility index (Phi) is 6.20. The van der Waals surface area contributed by atoms with Gasteiger partial charge in [0.05, 0.1) is 7.11 Å². The average Bonchev–Trinajstić information content (AvgIpc) is 2.70. The summed E-state index contributed by atoms with van der Waals surface area (Å²) in [6, 6.07) is 29.6. The van der Waals surface area contributed by atoms with Gasteiger partial charge in [0.1, 0.15) is 5.75 Å². The predicted molar refractivity (Wildman–Crippen MR) is 103 cm³/mol. The van der Waals surface area contributed by atoms with Crippen molar-refractivity contribution < 1.29 is 4.74 Å². The molecule has 0 aromatic heterocycles. The van der Waals surface area contributed by atoms with E-state index >= 15 is 0 Å². The van der Waals surface area contributed by atoms with Crippen molar-refractivity contribution in [1.82, 2.24) is 0 Å². The number of ether oxygens (including phenoxy) is 1. The second kappa shape index (κ2) is 8.35. The molecule has 0 radical (unpaired) electrons. The topological polar surface area (TPSA) is 9.23 Å². The van der Waals surface area contributed by atoms with Gasteiger partial charge in [-0.3, -0.25) is 0 Å². The number of methoxy groups -OCH3 is 1. The summed E-state index contributed by atoms with van der Waals surface area (Å²) in [6.45, 7) is 6.28. The van der Waals surface area contributed by atoms with Gasteiger partial charge in [-0.25, -0.2) is 0 Å². The zero-order valence-electron chi connectivity index (χ0n) is 15.0. The minimum atomic E-state index is -0.186. The van der Waals surface area contributed by atoms with Gasteiger partial charge in [-0.1, -0.05) is 86.6 Å². The van der Waals surface area contributed by atoms with Crippen LogP contribution in [0, 0.1) is 0 Å². The molecule has 0 amide bonds. The SMILES string of the molecule is CC.COc1ccc(C(C)(c2ccccc2)c2ccccc2)cc1. The van der Waals surface area contributed by atoms with Gasteiger partial charge in [-0.2, -0.15) is 0 Å². The smallest absolute Gasteiger partial charge is 0.118 e. The van der Waals surface area contributed by atoms with E-state index in [9.17, 15) is 0 Å². The van der Waals surface area contributed by atoms with Crippen LogP contribution in [0.25, 0.3) is 0 Å². The summed E-state index contributed by atoms with van der Waals surface area (Å²) < 4.78 is 5.29. The van der Waals surface area contributed by atoms with Crippen LogP contribution in [0.2, 0.25) is 0 Å². The van der Waals surface area contributed by atoms with Gasteiger partial charge in [0.25, 0.3) is 0 Å². The van der Waals surface area contributed by atoms with Crippen molar-refractivity contribution in [3.05, 3.63) is 102 Å². The average molecular weight is 318 g/mol. The number of hydrogen-bond donors (Lipinski definition) is 0. The van der Waals surface area contributed by atoms with Crippen LogP contribution in [0.1, 0.15) is 37.5 Å². The lowest BCUT2D eigenvalue weighted by Gasteiger charge is -2.32. The minimum Gasteiger partial charge on any atom is -0.497 e. The fourth-order valence-electron chi connectivity index (χ4n) is 2.97. The Morgan fingerprint density at radius 1 is 0.583 bits per heavy atom. The van der Waals surface area contributed by atoms with Crippen LogP contribution in [0.4, 0.5) is 0 Å². The monoisotopic (exact) mass is 318 g/mol. The molecule has 24 heavy (non-hydrogen) atoms. The summed E-state index contributed by atoms with van der Waals surface area (Å²) in [6.07, 6.45) is 0. The maximum absolute atomic E-state index is 5.29. The van der Waals surface area contributed by atoms with Crippen LogP contribution in [0.15, 0.2) is 84.9 Å². The van der Waals surface area contributed by atoms with E-state index in [4.69, 9.17) is 4.74 Å². The van der Waals surface area contributed by atoms with Crippen molar-refractivity contribution in [1.29, 1.82) is 0 Å². The first-order chi connectivity index (χ1) is 11.7. The molecule has 1 nitrogen and oxygen atoms in total. The van der Waals surface area contributed by atoms with Crippen molar-refractivity contribution in [3.63, 3.8) is 0 Å². The maximum Gasteiger partial charge on any atom is 0.118 e. The zero-order valence-corrected chi connectivity index (χ0v) is 15.0. The summed E-state index contributed by atoms with van der Waals surface area (Å²) in [7, 11) is 1.70. The molecule has 0 saturated heterocycles. The van der Waals surface area contributed by atoms with Gasteiger partial charge in [-0.15, -0.1) is 0 Å². The van der Waals surface area contributed by atoms with Crippen LogP contribution in [-0.4, -0.2) is 7.11 Å². The van der Waals surface area contributed by atoms with Crippen molar-refractivity contribution in [3.8, 4) is 5.75 Å². The normalized spacial score (nSPS) is 10.5. The van der Waals surface area contributed by atoms with Crippen molar-refractivity contribution in [2.75, 3.05) is 7.11 Å². The first-order valence-electron chi connectivity index (χ1n) is 8.51. The minimum absolute atomic E-state index is 0.186. The zero-order chi connectivity index (χ0) is 17.4. The largest absolute Gasteiger partial charge is 0.497 e. The van der Waals surface area contributed by atoms with Gasteiger partial charge in [0, 0.05) is 5.41 Å². The van der Waals surface area contributed by atoms with Crippen LogP contribution < -0.4 is 4.74 Å². The molecule has 0 N–H and O–H groups in total. The lowest BCUT2D eigenvalue weighted by atomic mass is 9.71. The molecule has 0 spiro atoms. The van der Waals surface area contributed by atoms with Crippen LogP contribution in [-0.2, 0) is 5.41 Å². The molecule has 3 rings (SSSR count). The molecular formula is C23H26O. The highest BCUT2D eigenvalue weighted by Gasteiger charge is 2.30. The highest BCUT2D eigenvalue weighted by molar-refractivity contribution is 5.50. The molecule has 0 atom stereocenters. The lowest BCUT2D eigenvalue weighted by Crippen LogP contribution is -2.25. The summed E-state index contributed by atoms with van der Waals surface area (Å²) in [5.41, 5.74) is 3.64. The van der Waals surface area contributed by atoms with E-state index in [1.54, 1.807) is 7.11 Å². The highest BCUT2D eigenvalue weighted by Crippen LogP contribution is 2.39. The van der Waals surface area contributed by atoms with E-state index < -0.39 is 0 Å². The second-order valence-corrected chi connectivity index (χ2v) is 5.59. The third kappa shape index (κ3) is 3.51. The fourth-order valence-corrected chi connectivity index (χ4v) is 2.97. The van der Waals surface area contributed by atoms with Gasteiger partial charge in [0.15, 0.2) is 0 Å². The molecule has 0 bridgehead atoms. The van der Waals surface area contributed by atoms with E-state index in [1.807, 2.05) is 26.0 Å². The van der Waals surface area contributed by atoms with Crippen molar-refractivity contribution in [2.24, 2.45) is 0 Å². The second-order valence-electron chi connectivity index (χ2n) is 5.59. The molecular weight excluding hydrogens is 292 g/mol. The molecule has 0 fully saturated rings. The molecule has 0 unspecified atom stereocenters. The van der Waals surface area contributed by atoms with Gasteiger partial charge < -0.3 is 4.74 Å². The first kappa shape index (κ1) is 17.8. The van der Waals surface area contributed by atoms with Gasteiger partial charge >= 0.3 is 0 Å². The Hall–Kier alpha value is -2.54. The Morgan fingerprint density at radius 2 is 0.958 bits per heavy atom. The molecule has 0 aliphatic carbocycles. The summed E-state index contributed by atoms with van der Waals surface area (Å²) >= 11 is 0. The van der Waals surface area contributed by atoms with Crippen molar-refractivity contribution in [2.45, 2.75) is 26.2 Å². The molecule has 0 heterocycles. The third-order valence-electron chi connectivity index (χ3n) is 4.37. The standard InChI is InChI=1S/C21H20O.C2H6/c1-21(17-9-5-3-6-10-17,18-11-7-4-8-12-18)19-13-15-20(22-2)16-14-19;1-2/h3-16H,1-2H3;1-2H3. The van der Waals surface area contributed by atoms with Crippen LogP contribution >= 0.6 is 0 Å². The fraction of sp³-hybridized carbons (Fsp3) is 0.217. The van der Waals surface area contributed by atoms with E-state index in [2.05, 4.69) is 79.7 Å². The predicted octanol–water partition coefficient (Wildman–Crippen LogP) is 6.08.